The monoisotopic (exact) mass is 451 g/mol. The predicted molar refractivity (Wildman–Crippen MR) is 118 cm³/mol. The van der Waals surface area contributed by atoms with Crippen molar-refractivity contribution in [3.8, 4) is 22.9 Å². The Hall–Kier alpha value is -3.99. The van der Waals surface area contributed by atoms with Gasteiger partial charge < -0.3 is 24.5 Å². The van der Waals surface area contributed by atoms with Gasteiger partial charge in [0.1, 0.15) is 16.8 Å². The highest BCUT2D eigenvalue weighted by molar-refractivity contribution is 7.99. The maximum atomic E-state index is 12.5. The van der Waals surface area contributed by atoms with E-state index in [0.29, 0.717) is 44.8 Å². The number of nitrogens with one attached hydrogen (secondary N) is 2. The highest BCUT2D eigenvalue weighted by Crippen LogP contribution is 2.34. The van der Waals surface area contributed by atoms with Crippen LogP contribution in [-0.4, -0.2) is 45.3 Å². The molecule has 5 rings (SSSR count). The third-order valence-electron chi connectivity index (χ3n) is 4.73. The van der Waals surface area contributed by atoms with Gasteiger partial charge in [-0.15, -0.1) is 0 Å². The van der Waals surface area contributed by atoms with Crippen molar-refractivity contribution in [3.63, 3.8) is 0 Å². The molecule has 0 saturated carbocycles. The summed E-state index contributed by atoms with van der Waals surface area (Å²) in [5, 5.41) is 7.73. The Bertz CT molecular complexity index is 1380. The molecule has 4 aromatic rings. The summed E-state index contributed by atoms with van der Waals surface area (Å²) in [4.78, 5) is 32.1. The molecule has 11 heteroatoms. The van der Waals surface area contributed by atoms with Crippen molar-refractivity contribution in [1.29, 1.82) is 0 Å². The minimum absolute atomic E-state index is 0.0473. The van der Waals surface area contributed by atoms with Crippen LogP contribution in [0.2, 0.25) is 0 Å². The molecule has 0 bridgehead atoms. The van der Waals surface area contributed by atoms with Crippen molar-refractivity contribution in [3.05, 3.63) is 59.0 Å². The van der Waals surface area contributed by atoms with E-state index in [2.05, 4.69) is 20.4 Å². The van der Waals surface area contributed by atoms with Crippen LogP contribution in [0.4, 0.5) is 5.69 Å². The van der Waals surface area contributed by atoms with Gasteiger partial charge in [0.2, 0.25) is 12.7 Å². The van der Waals surface area contributed by atoms with Crippen molar-refractivity contribution >= 4 is 34.4 Å². The molecule has 1 aliphatic rings. The third-order valence-corrected chi connectivity index (χ3v) is 5.60. The molecule has 0 fully saturated rings. The Balaban J connectivity index is 1.35. The number of ether oxygens (including phenoxy) is 3. The van der Waals surface area contributed by atoms with Gasteiger partial charge in [0.05, 0.1) is 19.1 Å². The summed E-state index contributed by atoms with van der Waals surface area (Å²) < 4.78 is 17.5. The number of thioether (sulfide) groups is 1. The zero-order chi connectivity index (χ0) is 22.1. The molecule has 0 spiro atoms. The molecular weight excluding hydrogens is 434 g/mol. The largest absolute Gasteiger partial charge is 0.494 e. The lowest BCUT2D eigenvalue weighted by atomic mass is 10.3. The molecule has 2 N–H and O–H groups in total. The van der Waals surface area contributed by atoms with Gasteiger partial charge in [-0.25, -0.2) is 9.67 Å². The Kier molecular flexibility index (Phi) is 5.15. The summed E-state index contributed by atoms with van der Waals surface area (Å²) in [7, 11) is 1.56. The molecular formula is C21H17N5O5S. The molecule has 0 atom stereocenters. The number of rotatable bonds is 6. The second-order valence-electron chi connectivity index (χ2n) is 6.74. The van der Waals surface area contributed by atoms with Crippen molar-refractivity contribution in [2.75, 3.05) is 25.0 Å². The van der Waals surface area contributed by atoms with Crippen LogP contribution in [-0.2, 0) is 4.79 Å². The van der Waals surface area contributed by atoms with E-state index in [-0.39, 0.29) is 24.0 Å². The van der Waals surface area contributed by atoms with Crippen LogP contribution >= 0.6 is 11.8 Å². The van der Waals surface area contributed by atoms with Gasteiger partial charge in [-0.05, 0) is 24.3 Å². The molecule has 1 amide bonds. The van der Waals surface area contributed by atoms with E-state index in [4.69, 9.17) is 14.2 Å². The van der Waals surface area contributed by atoms with Crippen molar-refractivity contribution < 1.29 is 19.0 Å². The summed E-state index contributed by atoms with van der Waals surface area (Å²) in [6.45, 7) is 0.162. The van der Waals surface area contributed by atoms with Crippen LogP contribution in [0.5, 0.6) is 17.2 Å². The predicted octanol–water partition coefficient (Wildman–Crippen LogP) is 2.58. The number of methoxy groups -OCH3 is 1. The van der Waals surface area contributed by atoms with Crippen LogP contribution in [0.15, 0.2) is 58.6 Å². The van der Waals surface area contributed by atoms with Gasteiger partial charge in [-0.3, -0.25) is 9.59 Å². The lowest BCUT2D eigenvalue weighted by Crippen LogP contribution is -2.15. The van der Waals surface area contributed by atoms with E-state index in [9.17, 15) is 9.59 Å². The highest BCUT2D eigenvalue weighted by atomic mass is 32.2. The van der Waals surface area contributed by atoms with E-state index >= 15 is 0 Å². The number of amides is 1. The minimum Gasteiger partial charge on any atom is -0.494 e. The molecule has 162 valence electrons. The lowest BCUT2D eigenvalue weighted by Gasteiger charge is -2.09. The molecule has 0 unspecified atom stereocenters. The fraction of sp³-hybridized carbons (Fsp3) is 0.143. The van der Waals surface area contributed by atoms with Gasteiger partial charge in [-0.2, -0.15) is 5.10 Å². The van der Waals surface area contributed by atoms with Gasteiger partial charge in [-0.1, -0.05) is 23.9 Å². The zero-order valence-electron chi connectivity index (χ0n) is 16.8. The number of para-hydroxylation sites is 2. The maximum Gasteiger partial charge on any atom is 0.262 e. The van der Waals surface area contributed by atoms with Crippen molar-refractivity contribution in [2.24, 2.45) is 0 Å². The highest BCUT2D eigenvalue weighted by Gasteiger charge is 2.16. The number of nitrogens with zero attached hydrogens (tertiary/aromatic N) is 3. The van der Waals surface area contributed by atoms with Gasteiger partial charge in [0, 0.05) is 11.8 Å². The van der Waals surface area contributed by atoms with Crippen LogP contribution < -0.4 is 25.1 Å². The van der Waals surface area contributed by atoms with Crippen LogP contribution in [0, 0.1) is 0 Å². The average Bonchev–Trinajstić information content (AvgIpc) is 3.44. The first-order chi connectivity index (χ1) is 15.6. The summed E-state index contributed by atoms with van der Waals surface area (Å²) in [5.74, 6) is 1.61. The second-order valence-corrected chi connectivity index (χ2v) is 7.71. The lowest BCUT2D eigenvalue weighted by molar-refractivity contribution is -0.113. The number of anilines is 1. The van der Waals surface area contributed by atoms with Crippen LogP contribution in [0.3, 0.4) is 0 Å². The number of carbonyl (C=O) groups excluding carboxylic acids is 1. The quantitative estimate of drug-likeness (QED) is 0.339. The van der Waals surface area contributed by atoms with Crippen LogP contribution in [0.25, 0.3) is 16.7 Å². The van der Waals surface area contributed by atoms with Crippen LogP contribution in [0.1, 0.15) is 0 Å². The summed E-state index contributed by atoms with van der Waals surface area (Å²) in [6, 6.07) is 12.5. The molecule has 0 radical (unpaired) electrons. The first-order valence-corrected chi connectivity index (χ1v) is 10.5. The number of benzene rings is 2. The summed E-state index contributed by atoms with van der Waals surface area (Å²) in [5.41, 5.74) is 1.28. The SMILES string of the molecule is COc1ccccc1-n1ncc2c(=O)[nH]c(SCC(=O)Nc3ccc4c(c3)OCO4)nc21. The first kappa shape index (κ1) is 19.9. The second kappa shape index (κ2) is 8.27. The Morgan fingerprint density at radius 1 is 1.25 bits per heavy atom. The molecule has 3 heterocycles. The number of hydrogen-bond donors (Lipinski definition) is 2. The topological polar surface area (TPSA) is 120 Å². The summed E-state index contributed by atoms with van der Waals surface area (Å²) in [6.07, 6.45) is 1.45. The van der Waals surface area contributed by atoms with E-state index in [0.717, 1.165) is 11.8 Å². The fourth-order valence-corrected chi connectivity index (χ4v) is 3.91. The Morgan fingerprint density at radius 2 is 2.09 bits per heavy atom. The number of aromatic amines is 1. The zero-order valence-corrected chi connectivity index (χ0v) is 17.6. The summed E-state index contributed by atoms with van der Waals surface area (Å²) >= 11 is 1.11. The molecule has 2 aromatic heterocycles. The molecule has 0 aliphatic carbocycles. The normalized spacial score (nSPS) is 12.2. The van der Waals surface area contributed by atoms with Crippen molar-refractivity contribution in [1.82, 2.24) is 19.7 Å². The first-order valence-electron chi connectivity index (χ1n) is 9.56. The number of carbonyl (C=O) groups is 1. The van der Waals surface area contributed by atoms with E-state index < -0.39 is 0 Å². The minimum atomic E-state index is -0.338. The number of hydrogen-bond acceptors (Lipinski definition) is 8. The molecule has 1 aliphatic heterocycles. The number of H-pyrrole nitrogens is 1. The molecule has 2 aromatic carbocycles. The Morgan fingerprint density at radius 3 is 2.97 bits per heavy atom. The van der Waals surface area contributed by atoms with Gasteiger partial charge in [0.15, 0.2) is 22.3 Å². The molecule has 0 saturated heterocycles. The average molecular weight is 451 g/mol. The smallest absolute Gasteiger partial charge is 0.262 e. The molecule has 10 nitrogen and oxygen atoms in total. The van der Waals surface area contributed by atoms with E-state index in [1.165, 1.54) is 6.20 Å². The van der Waals surface area contributed by atoms with Gasteiger partial charge in [0.25, 0.3) is 5.56 Å². The maximum absolute atomic E-state index is 12.5. The number of aromatic nitrogens is 4. The molecule has 32 heavy (non-hydrogen) atoms. The Labute approximate surface area is 185 Å². The van der Waals surface area contributed by atoms with E-state index in [1.54, 1.807) is 36.1 Å². The van der Waals surface area contributed by atoms with Gasteiger partial charge >= 0.3 is 0 Å². The van der Waals surface area contributed by atoms with E-state index in [1.807, 2.05) is 18.2 Å². The third kappa shape index (κ3) is 3.73. The number of fused-ring (bicyclic) bond motifs is 2. The van der Waals surface area contributed by atoms with Crippen molar-refractivity contribution in [2.45, 2.75) is 5.16 Å². The standard InChI is InChI=1S/C21H17N5O5S/c1-29-15-5-3-2-4-14(15)26-19-13(9-22-26)20(28)25-21(24-19)32-10-18(27)23-12-6-7-16-17(8-12)31-11-30-16/h2-9H,10-11H2,1H3,(H,23,27)(H,24,25,28). The fourth-order valence-electron chi connectivity index (χ4n) is 3.25.